The molecule has 2 nitrogen and oxygen atoms in total. The third-order valence-electron chi connectivity index (χ3n) is 2.56. The van der Waals surface area contributed by atoms with Gasteiger partial charge in [0.25, 0.3) is 0 Å². The fraction of sp³-hybridized carbons (Fsp3) is 1.00. The Hall–Kier alpha value is 0.270. The van der Waals surface area contributed by atoms with Gasteiger partial charge in [-0.2, -0.15) is 11.8 Å². The Balaban J connectivity index is 1.93. The highest BCUT2D eigenvalue weighted by Gasteiger charge is 2.23. The van der Waals surface area contributed by atoms with Crippen LogP contribution in [-0.2, 0) is 0 Å². The van der Waals surface area contributed by atoms with Crippen LogP contribution >= 0.6 is 11.8 Å². The Morgan fingerprint density at radius 2 is 2.31 bits per heavy atom. The number of aliphatic hydroxyl groups is 1. The van der Waals surface area contributed by atoms with Crippen molar-refractivity contribution in [3.63, 3.8) is 0 Å². The van der Waals surface area contributed by atoms with Gasteiger partial charge in [0.2, 0.25) is 0 Å². The van der Waals surface area contributed by atoms with E-state index in [2.05, 4.69) is 12.2 Å². The molecular weight excluding hydrogens is 182 g/mol. The van der Waals surface area contributed by atoms with Gasteiger partial charge >= 0.3 is 0 Å². The fourth-order valence-corrected chi connectivity index (χ4v) is 2.42. The standard InChI is InChI=1S/C10H21NOS/c1-2-13-8-4-7-11-9-5-3-6-10(9)12/h9-12H,2-8H2,1H3. The molecule has 1 saturated carbocycles. The molecule has 0 aromatic rings. The van der Waals surface area contributed by atoms with Crippen LogP contribution in [-0.4, -0.2) is 35.3 Å². The second kappa shape index (κ2) is 6.68. The minimum absolute atomic E-state index is 0.0844. The molecule has 0 heterocycles. The van der Waals surface area contributed by atoms with Crippen LogP contribution in [0.2, 0.25) is 0 Å². The number of aliphatic hydroxyl groups excluding tert-OH is 1. The Morgan fingerprint density at radius 3 is 2.92 bits per heavy atom. The van der Waals surface area contributed by atoms with Crippen LogP contribution < -0.4 is 5.32 Å². The summed E-state index contributed by atoms with van der Waals surface area (Å²) in [5.41, 5.74) is 0. The van der Waals surface area contributed by atoms with Gasteiger partial charge in [0.15, 0.2) is 0 Å². The van der Waals surface area contributed by atoms with Crippen LogP contribution in [0, 0.1) is 0 Å². The van der Waals surface area contributed by atoms with Crippen molar-refractivity contribution < 1.29 is 5.11 Å². The predicted molar refractivity (Wildman–Crippen MR) is 59.3 cm³/mol. The summed E-state index contributed by atoms with van der Waals surface area (Å²) in [6.45, 7) is 3.26. The molecule has 0 amide bonds. The molecule has 2 unspecified atom stereocenters. The highest BCUT2D eigenvalue weighted by atomic mass is 32.2. The molecule has 1 fully saturated rings. The van der Waals surface area contributed by atoms with Gasteiger partial charge in [0.05, 0.1) is 6.10 Å². The molecule has 3 heteroatoms. The summed E-state index contributed by atoms with van der Waals surface area (Å²) >= 11 is 1.99. The van der Waals surface area contributed by atoms with E-state index in [0.29, 0.717) is 6.04 Å². The molecule has 0 aromatic carbocycles. The van der Waals surface area contributed by atoms with Crippen LogP contribution in [0.15, 0.2) is 0 Å². The van der Waals surface area contributed by atoms with Crippen molar-refractivity contribution in [3.8, 4) is 0 Å². The molecular formula is C10H21NOS. The predicted octanol–water partition coefficient (Wildman–Crippen LogP) is 1.63. The van der Waals surface area contributed by atoms with Crippen LogP contribution in [0.3, 0.4) is 0 Å². The van der Waals surface area contributed by atoms with E-state index in [0.717, 1.165) is 19.4 Å². The zero-order chi connectivity index (χ0) is 9.52. The zero-order valence-corrected chi connectivity index (χ0v) is 9.28. The van der Waals surface area contributed by atoms with Crippen LogP contribution in [0.25, 0.3) is 0 Å². The maximum absolute atomic E-state index is 9.52. The van der Waals surface area contributed by atoms with E-state index >= 15 is 0 Å². The van der Waals surface area contributed by atoms with E-state index in [-0.39, 0.29) is 6.10 Å². The van der Waals surface area contributed by atoms with Crippen LogP contribution in [0.1, 0.15) is 32.6 Å². The summed E-state index contributed by atoms with van der Waals surface area (Å²) in [4.78, 5) is 0. The van der Waals surface area contributed by atoms with E-state index in [4.69, 9.17) is 0 Å². The zero-order valence-electron chi connectivity index (χ0n) is 8.46. The Morgan fingerprint density at radius 1 is 1.46 bits per heavy atom. The average Bonchev–Trinajstić information content (AvgIpc) is 2.52. The lowest BCUT2D eigenvalue weighted by molar-refractivity contribution is 0.149. The molecule has 0 radical (unpaired) electrons. The lowest BCUT2D eigenvalue weighted by atomic mass is 10.2. The second-order valence-corrected chi connectivity index (χ2v) is 5.00. The molecule has 1 aliphatic rings. The van der Waals surface area contributed by atoms with E-state index in [1.165, 1.54) is 24.3 Å². The van der Waals surface area contributed by atoms with E-state index < -0.39 is 0 Å². The first kappa shape index (κ1) is 11.3. The van der Waals surface area contributed by atoms with Gasteiger partial charge in [-0.25, -0.2) is 0 Å². The third kappa shape index (κ3) is 4.34. The van der Waals surface area contributed by atoms with Gasteiger partial charge in [-0.15, -0.1) is 0 Å². The van der Waals surface area contributed by atoms with Crippen molar-refractivity contribution in [3.05, 3.63) is 0 Å². The number of hydrogen-bond acceptors (Lipinski definition) is 3. The molecule has 2 atom stereocenters. The monoisotopic (exact) mass is 203 g/mol. The summed E-state index contributed by atoms with van der Waals surface area (Å²) in [5.74, 6) is 2.46. The number of rotatable bonds is 6. The average molecular weight is 203 g/mol. The minimum Gasteiger partial charge on any atom is -0.392 e. The van der Waals surface area contributed by atoms with Crippen molar-refractivity contribution in [2.75, 3.05) is 18.1 Å². The summed E-state index contributed by atoms with van der Waals surface area (Å²) in [6, 6.07) is 0.381. The molecule has 0 saturated heterocycles. The van der Waals surface area contributed by atoms with Gasteiger partial charge in [0.1, 0.15) is 0 Å². The number of thioether (sulfide) groups is 1. The largest absolute Gasteiger partial charge is 0.392 e. The molecule has 0 aliphatic heterocycles. The normalized spacial score (nSPS) is 28.2. The van der Waals surface area contributed by atoms with Gasteiger partial charge in [-0.1, -0.05) is 6.92 Å². The molecule has 78 valence electrons. The lowest BCUT2D eigenvalue weighted by Gasteiger charge is -2.15. The summed E-state index contributed by atoms with van der Waals surface area (Å²) in [5, 5.41) is 13.0. The Bertz CT molecular complexity index is 132. The SMILES string of the molecule is CCSCCCNC1CCCC1O. The molecule has 0 bridgehead atoms. The molecule has 1 rings (SSSR count). The summed E-state index contributed by atoms with van der Waals surface area (Å²) < 4.78 is 0. The first-order chi connectivity index (χ1) is 6.34. The van der Waals surface area contributed by atoms with Gasteiger partial charge in [-0.05, 0) is 43.7 Å². The maximum Gasteiger partial charge on any atom is 0.0693 e. The summed E-state index contributed by atoms with van der Waals surface area (Å²) in [7, 11) is 0. The summed E-state index contributed by atoms with van der Waals surface area (Å²) in [6.07, 6.45) is 4.46. The van der Waals surface area contributed by atoms with Crippen LogP contribution in [0.4, 0.5) is 0 Å². The number of nitrogens with one attached hydrogen (secondary N) is 1. The van der Waals surface area contributed by atoms with Crippen molar-refractivity contribution >= 4 is 11.8 Å². The molecule has 2 N–H and O–H groups in total. The first-order valence-electron chi connectivity index (χ1n) is 5.33. The van der Waals surface area contributed by atoms with Crippen molar-refractivity contribution in [2.45, 2.75) is 44.8 Å². The van der Waals surface area contributed by atoms with Crippen LogP contribution in [0.5, 0.6) is 0 Å². The topological polar surface area (TPSA) is 32.3 Å². The maximum atomic E-state index is 9.52. The van der Waals surface area contributed by atoms with Crippen molar-refractivity contribution in [2.24, 2.45) is 0 Å². The smallest absolute Gasteiger partial charge is 0.0693 e. The van der Waals surface area contributed by atoms with Crippen molar-refractivity contribution in [1.82, 2.24) is 5.32 Å². The first-order valence-corrected chi connectivity index (χ1v) is 6.49. The van der Waals surface area contributed by atoms with E-state index in [1.54, 1.807) is 0 Å². The van der Waals surface area contributed by atoms with E-state index in [9.17, 15) is 5.11 Å². The molecule has 13 heavy (non-hydrogen) atoms. The van der Waals surface area contributed by atoms with Crippen molar-refractivity contribution in [1.29, 1.82) is 0 Å². The second-order valence-electron chi connectivity index (χ2n) is 3.61. The minimum atomic E-state index is -0.0844. The molecule has 1 aliphatic carbocycles. The molecule has 0 aromatic heterocycles. The quantitative estimate of drug-likeness (QED) is 0.644. The van der Waals surface area contributed by atoms with Gasteiger partial charge in [0, 0.05) is 6.04 Å². The lowest BCUT2D eigenvalue weighted by Crippen LogP contribution is -2.36. The van der Waals surface area contributed by atoms with Gasteiger partial charge in [-0.3, -0.25) is 0 Å². The Labute approximate surface area is 85.5 Å². The van der Waals surface area contributed by atoms with Gasteiger partial charge < -0.3 is 10.4 Å². The highest BCUT2D eigenvalue weighted by Crippen LogP contribution is 2.18. The molecule has 0 spiro atoms. The Kier molecular flexibility index (Phi) is 5.83. The highest BCUT2D eigenvalue weighted by molar-refractivity contribution is 7.99. The van der Waals surface area contributed by atoms with E-state index in [1.807, 2.05) is 11.8 Å². The third-order valence-corrected chi connectivity index (χ3v) is 3.54. The fourth-order valence-electron chi connectivity index (χ4n) is 1.78. The number of hydrogen-bond donors (Lipinski definition) is 2.